The smallest absolute Gasteiger partial charge is 0.307 e. The predicted molar refractivity (Wildman–Crippen MR) is 76.5 cm³/mol. The molecule has 2 aliphatic rings. The van der Waals surface area contributed by atoms with E-state index in [1.54, 1.807) is 11.3 Å². The molecule has 1 aromatic rings. The summed E-state index contributed by atoms with van der Waals surface area (Å²) >= 11 is 1.65. The quantitative estimate of drug-likeness (QED) is 0.932. The van der Waals surface area contributed by atoms with Crippen LogP contribution in [0.15, 0.2) is 16.8 Å². The molecule has 3 unspecified atom stereocenters. The highest BCUT2D eigenvalue weighted by molar-refractivity contribution is 7.07. The number of aliphatic carboxylic acids is 1. The fraction of sp³-hybridized carbons (Fsp3) is 0.600. The summed E-state index contributed by atoms with van der Waals surface area (Å²) in [6.07, 6.45) is 4.22. The zero-order chi connectivity index (χ0) is 14.1. The van der Waals surface area contributed by atoms with E-state index in [4.69, 9.17) is 0 Å². The van der Waals surface area contributed by atoms with Crippen molar-refractivity contribution < 1.29 is 14.7 Å². The van der Waals surface area contributed by atoms with Crippen LogP contribution in [0.4, 0.5) is 0 Å². The second-order valence-electron chi connectivity index (χ2n) is 5.73. The Morgan fingerprint density at radius 2 is 2.00 bits per heavy atom. The molecule has 108 valence electrons. The van der Waals surface area contributed by atoms with Crippen molar-refractivity contribution >= 4 is 23.2 Å². The molecule has 0 bridgehead atoms. The lowest BCUT2D eigenvalue weighted by Crippen LogP contribution is -2.38. The van der Waals surface area contributed by atoms with Crippen LogP contribution in [0.5, 0.6) is 0 Å². The minimum absolute atomic E-state index is 0.0589. The highest BCUT2D eigenvalue weighted by Gasteiger charge is 2.42. The average Bonchev–Trinajstić information content (AvgIpc) is 3.17. The van der Waals surface area contributed by atoms with Crippen LogP contribution in [0.1, 0.15) is 43.7 Å². The summed E-state index contributed by atoms with van der Waals surface area (Å²) < 4.78 is 0. The Balaban J connectivity index is 1.77. The number of carbonyl (C=O) groups is 2. The van der Waals surface area contributed by atoms with Crippen molar-refractivity contribution in [3.8, 4) is 0 Å². The van der Waals surface area contributed by atoms with Gasteiger partial charge >= 0.3 is 5.97 Å². The lowest BCUT2D eigenvalue weighted by molar-refractivity contribution is -0.149. The Morgan fingerprint density at radius 1 is 1.20 bits per heavy atom. The molecule has 2 heterocycles. The van der Waals surface area contributed by atoms with Crippen molar-refractivity contribution in [1.82, 2.24) is 4.90 Å². The highest BCUT2D eigenvalue weighted by Crippen LogP contribution is 2.39. The number of nitrogens with zero attached hydrogens (tertiary/aromatic N) is 1. The number of amides is 1. The first-order chi connectivity index (χ1) is 9.68. The molecule has 1 saturated carbocycles. The molecule has 1 aromatic heterocycles. The zero-order valence-electron chi connectivity index (χ0n) is 11.3. The van der Waals surface area contributed by atoms with E-state index in [1.165, 1.54) is 5.56 Å². The van der Waals surface area contributed by atoms with E-state index in [2.05, 4.69) is 11.4 Å². The second kappa shape index (κ2) is 5.56. The van der Waals surface area contributed by atoms with Crippen LogP contribution >= 0.6 is 11.3 Å². The lowest BCUT2D eigenvalue weighted by Gasteiger charge is -2.28. The first kappa shape index (κ1) is 13.6. The zero-order valence-corrected chi connectivity index (χ0v) is 12.1. The van der Waals surface area contributed by atoms with Crippen LogP contribution in [0.2, 0.25) is 0 Å². The van der Waals surface area contributed by atoms with Crippen LogP contribution < -0.4 is 0 Å². The third kappa shape index (κ3) is 2.35. The third-order valence-electron chi connectivity index (χ3n) is 4.61. The number of carbonyl (C=O) groups excluding carboxylic acids is 1. The summed E-state index contributed by atoms with van der Waals surface area (Å²) in [6, 6.07) is 2.23. The molecular weight excluding hydrogens is 274 g/mol. The maximum absolute atomic E-state index is 12.7. The van der Waals surface area contributed by atoms with E-state index in [0.717, 1.165) is 32.2 Å². The van der Waals surface area contributed by atoms with Crippen molar-refractivity contribution in [3.05, 3.63) is 22.4 Å². The van der Waals surface area contributed by atoms with Gasteiger partial charge in [0.15, 0.2) is 0 Å². The normalized spacial score (nSPS) is 29.8. The van der Waals surface area contributed by atoms with Gasteiger partial charge in [0, 0.05) is 6.54 Å². The molecule has 1 amide bonds. The molecule has 0 radical (unpaired) electrons. The molecule has 1 aliphatic heterocycles. The first-order valence-electron chi connectivity index (χ1n) is 7.24. The highest BCUT2D eigenvalue weighted by atomic mass is 32.1. The molecule has 1 aliphatic carbocycles. The summed E-state index contributed by atoms with van der Waals surface area (Å²) in [5.41, 5.74) is 1.20. The summed E-state index contributed by atoms with van der Waals surface area (Å²) in [5, 5.41) is 13.4. The molecule has 20 heavy (non-hydrogen) atoms. The lowest BCUT2D eigenvalue weighted by atomic mass is 9.94. The standard InChI is InChI=1S/C15H19NO3S/c17-14(11-3-1-4-12(11)15(18)19)16-7-2-5-13(16)10-6-8-20-9-10/h6,8-9,11-13H,1-5,7H2,(H,18,19). The minimum atomic E-state index is -0.813. The van der Waals surface area contributed by atoms with Crippen LogP contribution in [-0.2, 0) is 9.59 Å². The van der Waals surface area contributed by atoms with Crippen LogP contribution in [-0.4, -0.2) is 28.4 Å². The topological polar surface area (TPSA) is 57.6 Å². The SMILES string of the molecule is O=C(O)C1CCCC1C(=O)N1CCCC1c1ccsc1. The maximum Gasteiger partial charge on any atom is 0.307 e. The maximum atomic E-state index is 12.7. The molecular formula is C15H19NO3S. The van der Waals surface area contributed by atoms with E-state index >= 15 is 0 Å². The number of hydrogen-bond acceptors (Lipinski definition) is 3. The van der Waals surface area contributed by atoms with E-state index in [-0.39, 0.29) is 17.9 Å². The molecule has 4 nitrogen and oxygen atoms in total. The molecule has 5 heteroatoms. The summed E-state index contributed by atoms with van der Waals surface area (Å²) in [7, 11) is 0. The van der Waals surface area contributed by atoms with Crippen molar-refractivity contribution in [2.24, 2.45) is 11.8 Å². The summed E-state index contributed by atoms with van der Waals surface area (Å²) in [6.45, 7) is 0.766. The van der Waals surface area contributed by atoms with Gasteiger partial charge in [-0.2, -0.15) is 11.3 Å². The van der Waals surface area contributed by atoms with Gasteiger partial charge in [-0.3, -0.25) is 9.59 Å². The number of carboxylic acids is 1. The largest absolute Gasteiger partial charge is 0.481 e. The second-order valence-corrected chi connectivity index (χ2v) is 6.51. The molecule has 2 fully saturated rings. The predicted octanol–water partition coefficient (Wildman–Crippen LogP) is 2.91. The molecule has 0 aromatic carbocycles. The Labute approximate surface area is 122 Å². The molecule has 0 spiro atoms. The van der Waals surface area contributed by atoms with E-state index < -0.39 is 11.9 Å². The number of rotatable bonds is 3. The first-order valence-corrected chi connectivity index (χ1v) is 8.18. The number of likely N-dealkylation sites (tertiary alicyclic amines) is 1. The van der Waals surface area contributed by atoms with E-state index in [9.17, 15) is 14.7 Å². The van der Waals surface area contributed by atoms with Gasteiger partial charge in [-0.05, 0) is 48.1 Å². The molecule has 1 saturated heterocycles. The van der Waals surface area contributed by atoms with Gasteiger partial charge in [0.2, 0.25) is 5.91 Å². The van der Waals surface area contributed by atoms with Crippen LogP contribution in [0, 0.1) is 11.8 Å². The Hall–Kier alpha value is -1.36. The Kier molecular flexibility index (Phi) is 3.78. The number of thiophene rings is 1. The van der Waals surface area contributed by atoms with Gasteiger partial charge in [0.1, 0.15) is 0 Å². The Morgan fingerprint density at radius 3 is 2.70 bits per heavy atom. The number of carboxylic acid groups (broad SMARTS) is 1. The third-order valence-corrected chi connectivity index (χ3v) is 5.32. The van der Waals surface area contributed by atoms with Crippen molar-refractivity contribution in [1.29, 1.82) is 0 Å². The van der Waals surface area contributed by atoms with Gasteiger partial charge in [-0.15, -0.1) is 0 Å². The Bertz CT molecular complexity index is 499. The monoisotopic (exact) mass is 293 g/mol. The van der Waals surface area contributed by atoms with E-state index in [1.807, 2.05) is 10.3 Å². The van der Waals surface area contributed by atoms with Gasteiger partial charge < -0.3 is 10.0 Å². The fourth-order valence-corrected chi connectivity index (χ4v) is 4.31. The number of hydrogen-bond donors (Lipinski definition) is 1. The van der Waals surface area contributed by atoms with Crippen molar-refractivity contribution in [2.45, 2.75) is 38.1 Å². The fourth-order valence-electron chi connectivity index (χ4n) is 3.61. The van der Waals surface area contributed by atoms with Crippen LogP contribution in [0.25, 0.3) is 0 Å². The van der Waals surface area contributed by atoms with Crippen molar-refractivity contribution in [2.75, 3.05) is 6.54 Å². The molecule has 1 N–H and O–H groups in total. The summed E-state index contributed by atoms with van der Waals surface area (Å²) in [4.78, 5) is 25.9. The van der Waals surface area contributed by atoms with E-state index in [0.29, 0.717) is 6.42 Å². The average molecular weight is 293 g/mol. The van der Waals surface area contributed by atoms with Gasteiger partial charge in [0.25, 0.3) is 0 Å². The molecule has 3 rings (SSSR count). The van der Waals surface area contributed by atoms with Gasteiger partial charge in [-0.25, -0.2) is 0 Å². The summed E-state index contributed by atoms with van der Waals surface area (Å²) in [5.74, 6) is -1.55. The van der Waals surface area contributed by atoms with Gasteiger partial charge in [-0.1, -0.05) is 6.42 Å². The molecule has 3 atom stereocenters. The van der Waals surface area contributed by atoms with Crippen molar-refractivity contribution in [3.63, 3.8) is 0 Å². The van der Waals surface area contributed by atoms with Crippen LogP contribution in [0.3, 0.4) is 0 Å². The van der Waals surface area contributed by atoms with Gasteiger partial charge in [0.05, 0.1) is 17.9 Å². The minimum Gasteiger partial charge on any atom is -0.481 e.